The molecule has 1 atom stereocenters. The first-order valence-corrected chi connectivity index (χ1v) is 8.89. The quantitative estimate of drug-likeness (QED) is 0.598. The zero-order chi connectivity index (χ0) is 21.3. The van der Waals surface area contributed by atoms with Gasteiger partial charge in [-0.2, -0.15) is 18.2 Å². The lowest BCUT2D eigenvalue weighted by atomic mass is 10.2. The lowest BCUT2D eigenvalue weighted by Crippen LogP contribution is -2.31. The number of benzene rings is 1. The minimum absolute atomic E-state index is 0.00232. The summed E-state index contributed by atoms with van der Waals surface area (Å²) in [5.41, 5.74) is 0.0897. The molecule has 0 aliphatic carbocycles. The number of likely N-dealkylation sites (tertiary alicyclic amines) is 1. The first-order valence-electron chi connectivity index (χ1n) is 8.89. The van der Waals surface area contributed by atoms with Crippen LogP contribution in [0.15, 0.2) is 47.1 Å². The Hall–Kier alpha value is -3.50. The van der Waals surface area contributed by atoms with E-state index in [9.17, 15) is 22.4 Å². The van der Waals surface area contributed by atoms with E-state index in [1.165, 1.54) is 41.4 Å². The van der Waals surface area contributed by atoms with E-state index in [-0.39, 0.29) is 29.7 Å². The van der Waals surface area contributed by atoms with Crippen LogP contribution in [0.4, 0.5) is 17.6 Å². The molecule has 1 aliphatic rings. The summed E-state index contributed by atoms with van der Waals surface area (Å²) >= 11 is 0. The van der Waals surface area contributed by atoms with Crippen LogP contribution in [0.5, 0.6) is 5.75 Å². The van der Waals surface area contributed by atoms with Crippen LogP contribution in [0.3, 0.4) is 0 Å². The zero-order valence-corrected chi connectivity index (χ0v) is 15.3. The molecule has 7 nitrogen and oxygen atoms in total. The number of carbonyl (C=O) groups is 1. The third kappa shape index (κ3) is 4.09. The molecule has 0 N–H and O–H groups in total. The molecule has 2 aromatic heterocycles. The Morgan fingerprint density at radius 2 is 2.00 bits per heavy atom. The Labute approximate surface area is 167 Å². The number of amides is 1. The highest BCUT2D eigenvalue weighted by Gasteiger charge is 2.38. The first-order chi connectivity index (χ1) is 14.3. The number of nitrogens with zero attached hydrogens (tertiary/aromatic N) is 4. The van der Waals surface area contributed by atoms with Crippen LogP contribution < -0.4 is 4.74 Å². The van der Waals surface area contributed by atoms with Gasteiger partial charge in [-0.25, -0.2) is 9.37 Å². The summed E-state index contributed by atoms with van der Waals surface area (Å²) in [5, 5.41) is 3.27. The molecule has 0 radical (unpaired) electrons. The third-order valence-electron chi connectivity index (χ3n) is 4.47. The molecule has 3 aromatic rings. The molecule has 0 bridgehead atoms. The fourth-order valence-electron chi connectivity index (χ4n) is 3.03. The maximum Gasteiger partial charge on any atom is 0.471 e. The van der Waals surface area contributed by atoms with E-state index in [0.717, 1.165) is 0 Å². The van der Waals surface area contributed by atoms with Gasteiger partial charge in [0.15, 0.2) is 0 Å². The highest BCUT2D eigenvalue weighted by molar-refractivity contribution is 5.94. The van der Waals surface area contributed by atoms with Gasteiger partial charge < -0.3 is 14.2 Å². The van der Waals surface area contributed by atoms with E-state index >= 15 is 0 Å². The highest BCUT2D eigenvalue weighted by atomic mass is 19.4. The second-order valence-electron chi connectivity index (χ2n) is 6.56. The number of carbonyl (C=O) groups excluding carboxylic acids is 1. The van der Waals surface area contributed by atoms with E-state index in [1.54, 1.807) is 6.07 Å². The fraction of sp³-hybridized carbons (Fsp3) is 0.263. The summed E-state index contributed by atoms with van der Waals surface area (Å²) in [6, 6.07) is 8.67. The average Bonchev–Trinajstić information content (AvgIpc) is 3.38. The van der Waals surface area contributed by atoms with E-state index in [0.29, 0.717) is 18.7 Å². The number of hydrogen-bond acceptors (Lipinski definition) is 6. The minimum atomic E-state index is -4.73. The summed E-state index contributed by atoms with van der Waals surface area (Å²) in [4.78, 5) is 21.2. The molecule has 0 unspecified atom stereocenters. The van der Waals surface area contributed by atoms with Crippen LogP contribution in [0.25, 0.3) is 11.5 Å². The monoisotopic (exact) mass is 422 g/mol. The Bertz CT molecular complexity index is 1050. The van der Waals surface area contributed by atoms with Crippen molar-refractivity contribution < 1.29 is 31.6 Å². The van der Waals surface area contributed by atoms with Crippen molar-refractivity contribution in [3.05, 3.63) is 59.9 Å². The molecule has 156 valence electrons. The molecule has 3 heterocycles. The lowest BCUT2D eigenvalue weighted by Gasteiger charge is -2.17. The molecule has 11 heteroatoms. The number of rotatable bonds is 4. The normalized spacial score (nSPS) is 16.7. The van der Waals surface area contributed by atoms with Crippen molar-refractivity contribution in [2.75, 3.05) is 13.1 Å². The molecular formula is C19H14F4N4O3. The highest BCUT2D eigenvalue weighted by Crippen LogP contribution is 2.29. The number of halogens is 4. The number of pyridine rings is 1. The molecule has 1 fully saturated rings. The summed E-state index contributed by atoms with van der Waals surface area (Å²) < 4.78 is 61.4. The maximum absolute atomic E-state index is 13.8. The molecule has 30 heavy (non-hydrogen) atoms. The van der Waals surface area contributed by atoms with Gasteiger partial charge >= 0.3 is 12.1 Å². The van der Waals surface area contributed by atoms with E-state index in [4.69, 9.17) is 4.74 Å². The van der Waals surface area contributed by atoms with Gasteiger partial charge in [0, 0.05) is 13.0 Å². The van der Waals surface area contributed by atoms with Crippen molar-refractivity contribution in [2.24, 2.45) is 0 Å². The van der Waals surface area contributed by atoms with Crippen LogP contribution >= 0.6 is 0 Å². The number of ether oxygens (including phenoxy) is 1. The summed E-state index contributed by atoms with van der Waals surface area (Å²) in [7, 11) is 0. The van der Waals surface area contributed by atoms with E-state index in [2.05, 4.69) is 19.6 Å². The summed E-state index contributed by atoms with van der Waals surface area (Å²) in [6.45, 7) is 0.682. The van der Waals surface area contributed by atoms with Crippen LogP contribution in [0, 0.1) is 5.82 Å². The molecule has 0 spiro atoms. The molecular weight excluding hydrogens is 408 g/mol. The fourth-order valence-corrected chi connectivity index (χ4v) is 3.03. The van der Waals surface area contributed by atoms with Crippen molar-refractivity contribution in [3.63, 3.8) is 0 Å². The SMILES string of the molecule is O=C(c1ccccc1F)N1CC[C@H](Oc2ccc(-c3noc(C(F)(F)F)n3)nc2)C1. The van der Waals surface area contributed by atoms with Crippen LogP contribution in [-0.4, -0.2) is 45.1 Å². The van der Waals surface area contributed by atoms with Crippen molar-refractivity contribution >= 4 is 5.91 Å². The third-order valence-corrected chi connectivity index (χ3v) is 4.47. The van der Waals surface area contributed by atoms with Gasteiger partial charge in [0.05, 0.1) is 18.3 Å². The Kier molecular flexibility index (Phi) is 5.10. The number of hydrogen-bond donors (Lipinski definition) is 0. The Balaban J connectivity index is 1.38. The maximum atomic E-state index is 13.8. The average molecular weight is 422 g/mol. The van der Waals surface area contributed by atoms with Gasteiger partial charge in [-0.1, -0.05) is 17.3 Å². The van der Waals surface area contributed by atoms with Gasteiger partial charge in [-0.15, -0.1) is 0 Å². The number of alkyl halides is 3. The molecule has 1 amide bonds. The molecule has 0 saturated carbocycles. The summed E-state index contributed by atoms with van der Waals surface area (Å²) in [6.07, 6.45) is -3.19. The standard InChI is InChI=1S/C19H14F4N4O3/c20-14-4-2-1-3-13(14)17(28)27-8-7-12(10-27)29-11-5-6-15(24-9-11)16-25-18(30-26-16)19(21,22)23/h1-6,9,12H,7-8,10H2/t12-/m0/s1. The molecule has 4 rings (SSSR count). The molecule has 1 aliphatic heterocycles. The minimum Gasteiger partial charge on any atom is -0.487 e. The molecule has 1 saturated heterocycles. The predicted molar refractivity (Wildman–Crippen MR) is 93.9 cm³/mol. The Morgan fingerprint density at radius 3 is 2.67 bits per heavy atom. The van der Waals surface area contributed by atoms with Gasteiger partial charge in [0.25, 0.3) is 5.91 Å². The predicted octanol–water partition coefficient (Wildman–Crippen LogP) is 3.58. The lowest BCUT2D eigenvalue weighted by molar-refractivity contribution is -0.159. The largest absolute Gasteiger partial charge is 0.487 e. The number of aromatic nitrogens is 3. The van der Waals surface area contributed by atoms with Crippen LogP contribution in [0.1, 0.15) is 22.7 Å². The van der Waals surface area contributed by atoms with Gasteiger partial charge in [-0.3, -0.25) is 4.79 Å². The smallest absolute Gasteiger partial charge is 0.471 e. The van der Waals surface area contributed by atoms with Gasteiger partial charge in [0.1, 0.15) is 23.4 Å². The molecule has 1 aromatic carbocycles. The van der Waals surface area contributed by atoms with Crippen molar-refractivity contribution in [1.82, 2.24) is 20.0 Å². The van der Waals surface area contributed by atoms with Crippen molar-refractivity contribution in [2.45, 2.75) is 18.7 Å². The topological polar surface area (TPSA) is 81.4 Å². The summed E-state index contributed by atoms with van der Waals surface area (Å²) in [5.74, 6) is -2.38. The second-order valence-corrected chi connectivity index (χ2v) is 6.56. The van der Waals surface area contributed by atoms with Gasteiger partial charge in [0.2, 0.25) is 5.82 Å². The van der Waals surface area contributed by atoms with Crippen LogP contribution in [-0.2, 0) is 6.18 Å². The van der Waals surface area contributed by atoms with Crippen LogP contribution in [0.2, 0.25) is 0 Å². The van der Waals surface area contributed by atoms with E-state index in [1.807, 2.05) is 0 Å². The van der Waals surface area contributed by atoms with Gasteiger partial charge in [-0.05, 0) is 24.3 Å². The van der Waals surface area contributed by atoms with Crippen molar-refractivity contribution in [3.8, 4) is 17.3 Å². The van der Waals surface area contributed by atoms with E-state index < -0.39 is 23.8 Å². The van der Waals surface area contributed by atoms with Crippen molar-refractivity contribution in [1.29, 1.82) is 0 Å². The first kappa shape index (κ1) is 19.8. The second kappa shape index (κ2) is 7.73. The Morgan fingerprint density at radius 1 is 1.20 bits per heavy atom. The zero-order valence-electron chi connectivity index (χ0n) is 15.3.